The summed E-state index contributed by atoms with van der Waals surface area (Å²) in [5.74, 6) is 1.50. The fourth-order valence-corrected chi connectivity index (χ4v) is 3.24. The van der Waals surface area contributed by atoms with E-state index in [1.807, 2.05) is 36.1 Å². The lowest BCUT2D eigenvalue weighted by atomic mass is 10.1. The van der Waals surface area contributed by atoms with Crippen molar-refractivity contribution in [3.05, 3.63) is 41.3 Å². The van der Waals surface area contributed by atoms with E-state index in [0.717, 1.165) is 42.8 Å². The Hall–Kier alpha value is -2.10. The maximum atomic E-state index is 12.6. The van der Waals surface area contributed by atoms with Crippen LogP contribution >= 0.6 is 0 Å². The fourth-order valence-electron chi connectivity index (χ4n) is 3.24. The molecule has 4 heteroatoms. The van der Waals surface area contributed by atoms with Gasteiger partial charge in [0.1, 0.15) is 5.76 Å². The van der Waals surface area contributed by atoms with E-state index in [1.54, 1.807) is 0 Å². The van der Waals surface area contributed by atoms with Gasteiger partial charge in [0.05, 0.1) is 12.1 Å². The molecule has 4 nitrogen and oxygen atoms in total. The molecule has 0 bridgehead atoms. The zero-order valence-electron chi connectivity index (χ0n) is 14.1. The van der Waals surface area contributed by atoms with Crippen molar-refractivity contribution in [2.45, 2.75) is 52.5 Å². The molecule has 1 aliphatic rings. The van der Waals surface area contributed by atoms with Crippen LogP contribution in [0.3, 0.4) is 0 Å². The van der Waals surface area contributed by atoms with E-state index in [2.05, 4.69) is 18.8 Å². The molecule has 1 amide bonds. The zero-order chi connectivity index (χ0) is 16.4. The third kappa shape index (κ3) is 3.31. The number of carbonyl (C=O) groups excluding carboxylic acids is 1. The first-order valence-electron chi connectivity index (χ1n) is 8.41. The first-order chi connectivity index (χ1) is 11.1. The second-order valence-corrected chi connectivity index (χ2v) is 6.36. The molecule has 122 valence electrons. The number of benzene rings is 1. The molecule has 1 atom stereocenters. The highest BCUT2D eigenvalue weighted by Gasteiger charge is 2.28. The minimum absolute atomic E-state index is 0.168. The van der Waals surface area contributed by atoms with Crippen LogP contribution in [0.5, 0.6) is 0 Å². The summed E-state index contributed by atoms with van der Waals surface area (Å²) in [5, 5.41) is 0. The van der Waals surface area contributed by atoms with Gasteiger partial charge in [-0.2, -0.15) is 0 Å². The topological polar surface area (TPSA) is 46.3 Å². The molecule has 3 rings (SSSR count). The van der Waals surface area contributed by atoms with E-state index in [-0.39, 0.29) is 5.91 Å². The maximum absolute atomic E-state index is 12.6. The van der Waals surface area contributed by atoms with Gasteiger partial charge in [-0.25, -0.2) is 4.98 Å². The van der Waals surface area contributed by atoms with Crippen molar-refractivity contribution in [1.82, 2.24) is 9.88 Å². The van der Waals surface area contributed by atoms with Gasteiger partial charge in [-0.05, 0) is 45.2 Å². The van der Waals surface area contributed by atoms with Crippen molar-refractivity contribution in [2.75, 3.05) is 6.54 Å². The van der Waals surface area contributed by atoms with E-state index in [1.165, 1.54) is 5.56 Å². The molecule has 1 saturated heterocycles. The average molecular weight is 312 g/mol. The third-order valence-electron chi connectivity index (χ3n) is 4.68. The van der Waals surface area contributed by atoms with Crippen molar-refractivity contribution < 1.29 is 9.21 Å². The molecule has 2 heterocycles. The molecule has 1 aromatic heterocycles. The predicted molar refractivity (Wildman–Crippen MR) is 90.1 cm³/mol. The number of hydrogen-bond acceptors (Lipinski definition) is 3. The zero-order valence-corrected chi connectivity index (χ0v) is 14.1. The van der Waals surface area contributed by atoms with Gasteiger partial charge < -0.3 is 9.32 Å². The van der Waals surface area contributed by atoms with Crippen LogP contribution in [0.15, 0.2) is 28.7 Å². The molecular weight excluding hydrogens is 288 g/mol. The van der Waals surface area contributed by atoms with Crippen LogP contribution < -0.4 is 0 Å². The SMILES string of the molecule is CCC1CCCN1C(=O)Cc1nc(-c2ccc(C)cc2)oc1C. The van der Waals surface area contributed by atoms with Gasteiger partial charge >= 0.3 is 0 Å². The molecule has 0 N–H and O–H groups in total. The molecule has 1 aromatic carbocycles. The number of hydrogen-bond donors (Lipinski definition) is 0. The van der Waals surface area contributed by atoms with Crippen molar-refractivity contribution in [3.8, 4) is 11.5 Å². The Balaban J connectivity index is 1.76. The van der Waals surface area contributed by atoms with Gasteiger partial charge in [0, 0.05) is 18.2 Å². The summed E-state index contributed by atoms with van der Waals surface area (Å²) in [6.07, 6.45) is 3.58. The fraction of sp³-hybridized carbons (Fsp3) is 0.474. The second kappa shape index (κ2) is 6.57. The summed E-state index contributed by atoms with van der Waals surface area (Å²) in [6.45, 7) is 6.95. The Morgan fingerprint density at radius 3 is 2.74 bits per heavy atom. The Labute approximate surface area is 137 Å². The van der Waals surface area contributed by atoms with Crippen LogP contribution in [-0.2, 0) is 11.2 Å². The van der Waals surface area contributed by atoms with E-state index >= 15 is 0 Å². The number of rotatable bonds is 4. The standard InChI is InChI=1S/C19H24N2O2/c1-4-16-6-5-11-21(16)18(22)12-17-14(3)23-19(20-17)15-9-7-13(2)8-10-15/h7-10,16H,4-6,11-12H2,1-3H3. The number of carbonyl (C=O) groups is 1. The summed E-state index contributed by atoms with van der Waals surface area (Å²) < 4.78 is 5.78. The average Bonchev–Trinajstić information content (AvgIpc) is 3.15. The smallest absolute Gasteiger partial charge is 0.228 e. The van der Waals surface area contributed by atoms with E-state index in [4.69, 9.17) is 4.42 Å². The Morgan fingerprint density at radius 2 is 2.04 bits per heavy atom. The van der Waals surface area contributed by atoms with Gasteiger partial charge in [-0.15, -0.1) is 0 Å². The molecule has 0 radical (unpaired) electrons. The Bertz CT molecular complexity index is 688. The van der Waals surface area contributed by atoms with Crippen LogP contribution in [0.4, 0.5) is 0 Å². The Kier molecular flexibility index (Phi) is 4.51. The maximum Gasteiger partial charge on any atom is 0.228 e. The monoisotopic (exact) mass is 312 g/mol. The van der Waals surface area contributed by atoms with Gasteiger partial charge in [-0.1, -0.05) is 24.6 Å². The summed E-state index contributed by atoms with van der Waals surface area (Å²) in [7, 11) is 0. The number of nitrogens with zero attached hydrogens (tertiary/aromatic N) is 2. The number of amides is 1. The van der Waals surface area contributed by atoms with Crippen LogP contribution in [0.2, 0.25) is 0 Å². The molecule has 2 aromatic rings. The minimum atomic E-state index is 0.168. The lowest BCUT2D eigenvalue weighted by molar-refractivity contribution is -0.131. The summed E-state index contributed by atoms with van der Waals surface area (Å²) in [4.78, 5) is 19.1. The summed E-state index contributed by atoms with van der Waals surface area (Å²) >= 11 is 0. The van der Waals surface area contributed by atoms with Crippen molar-refractivity contribution >= 4 is 5.91 Å². The van der Waals surface area contributed by atoms with Gasteiger partial charge in [0.15, 0.2) is 0 Å². The van der Waals surface area contributed by atoms with E-state index < -0.39 is 0 Å². The highest BCUT2D eigenvalue weighted by Crippen LogP contribution is 2.24. The highest BCUT2D eigenvalue weighted by atomic mass is 16.4. The highest BCUT2D eigenvalue weighted by molar-refractivity contribution is 5.79. The van der Waals surface area contributed by atoms with Crippen molar-refractivity contribution in [1.29, 1.82) is 0 Å². The van der Waals surface area contributed by atoms with E-state index in [0.29, 0.717) is 18.4 Å². The van der Waals surface area contributed by atoms with Crippen LogP contribution in [0.1, 0.15) is 43.2 Å². The second-order valence-electron chi connectivity index (χ2n) is 6.36. The molecule has 23 heavy (non-hydrogen) atoms. The Morgan fingerprint density at radius 1 is 1.30 bits per heavy atom. The van der Waals surface area contributed by atoms with Gasteiger partial charge in [0.25, 0.3) is 0 Å². The quantitative estimate of drug-likeness (QED) is 0.860. The lowest BCUT2D eigenvalue weighted by Gasteiger charge is -2.23. The lowest BCUT2D eigenvalue weighted by Crippen LogP contribution is -2.36. The van der Waals surface area contributed by atoms with Gasteiger partial charge in [0.2, 0.25) is 11.8 Å². The molecule has 0 saturated carbocycles. The molecule has 0 spiro atoms. The molecule has 1 aliphatic heterocycles. The van der Waals surface area contributed by atoms with Gasteiger partial charge in [-0.3, -0.25) is 4.79 Å². The first-order valence-corrected chi connectivity index (χ1v) is 8.41. The van der Waals surface area contributed by atoms with Crippen LogP contribution in [0.25, 0.3) is 11.5 Å². The molecule has 1 unspecified atom stereocenters. The van der Waals surface area contributed by atoms with Crippen LogP contribution in [-0.4, -0.2) is 28.4 Å². The molecule has 1 fully saturated rings. The van der Waals surface area contributed by atoms with Crippen molar-refractivity contribution in [3.63, 3.8) is 0 Å². The number of aryl methyl sites for hydroxylation is 2. The number of oxazole rings is 1. The molecule has 0 aliphatic carbocycles. The van der Waals surface area contributed by atoms with E-state index in [9.17, 15) is 4.79 Å². The third-order valence-corrected chi connectivity index (χ3v) is 4.68. The minimum Gasteiger partial charge on any atom is -0.441 e. The van der Waals surface area contributed by atoms with Crippen LogP contribution in [0, 0.1) is 13.8 Å². The van der Waals surface area contributed by atoms with Crippen molar-refractivity contribution in [2.24, 2.45) is 0 Å². The summed E-state index contributed by atoms with van der Waals surface area (Å²) in [5.41, 5.74) is 2.91. The predicted octanol–water partition coefficient (Wildman–Crippen LogP) is 3.90. The number of aromatic nitrogens is 1. The largest absolute Gasteiger partial charge is 0.441 e. The normalized spacial score (nSPS) is 17.7. The summed E-state index contributed by atoms with van der Waals surface area (Å²) in [6, 6.07) is 8.47. The first kappa shape index (κ1) is 15.8. The number of likely N-dealkylation sites (tertiary alicyclic amines) is 1. The molecular formula is C19H24N2O2.